The van der Waals surface area contributed by atoms with Crippen LogP contribution in [0.4, 0.5) is 10.7 Å². The Hall–Kier alpha value is -3.18. The molecule has 0 bridgehead atoms. The van der Waals surface area contributed by atoms with Crippen LogP contribution < -0.4 is 19.5 Å². The van der Waals surface area contributed by atoms with Gasteiger partial charge in [0.1, 0.15) is 4.90 Å². The van der Waals surface area contributed by atoms with Crippen LogP contribution >= 0.6 is 15.9 Å². The van der Waals surface area contributed by atoms with E-state index in [0.29, 0.717) is 15.6 Å². The summed E-state index contributed by atoms with van der Waals surface area (Å²) in [5.74, 6) is 0.0867. The van der Waals surface area contributed by atoms with Crippen LogP contribution in [0.2, 0.25) is 0 Å². The van der Waals surface area contributed by atoms with Gasteiger partial charge in [-0.3, -0.25) is 5.32 Å². The highest BCUT2D eigenvalue weighted by Gasteiger charge is 2.25. The predicted molar refractivity (Wildman–Crippen MR) is 114 cm³/mol. The van der Waals surface area contributed by atoms with Gasteiger partial charge in [-0.25, -0.2) is 17.9 Å². The lowest BCUT2D eigenvalue weighted by molar-refractivity contribution is 0.256. The van der Waals surface area contributed by atoms with Gasteiger partial charge in [0.05, 0.1) is 20.3 Å². The fourth-order valence-electron chi connectivity index (χ4n) is 2.60. The van der Waals surface area contributed by atoms with Crippen LogP contribution in [-0.2, 0) is 10.0 Å². The minimum absolute atomic E-state index is 0.0736. The number of amides is 2. The van der Waals surface area contributed by atoms with Crippen molar-refractivity contribution in [2.45, 2.75) is 4.90 Å². The monoisotopic (exact) mass is 492 g/mol. The minimum Gasteiger partial charge on any atom is -0.481 e. The number of halogens is 1. The van der Waals surface area contributed by atoms with Crippen LogP contribution in [0.5, 0.6) is 11.8 Å². The first kappa shape index (κ1) is 21.5. The van der Waals surface area contributed by atoms with Gasteiger partial charge >= 0.3 is 6.03 Å². The van der Waals surface area contributed by atoms with Gasteiger partial charge in [0.25, 0.3) is 10.0 Å². The fraction of sp³-hybridized carbons (Fsp3) is 0.105. The average Bonchev–Trinajstić information content (AvgIpc) is 2.73. The van der Waals surface area contributed by atoms with Crippen molar-refractivity contribution in [2.24, 2.45) is 0 Å². The average molecular weight is 493 g/mol. The van der Waals surface area contributed by atoms with Crippen LogP contribution in [-0.4, -0.2) is 38.6 Å². The second-order valence-corrected chi connectivity index (χ2v) is 8.29. The van der Waals surface area contributed by atoms with Crippen molar-refractivity contribution < 1.29 is 22.7 Å². The smallest absolute Gasteiger partial charge is 0.335 e. The number of benzene rings is 2. The van der Waals surface area contributed by atoms with Crippen LogP contribution in [0.1, 0.15) is 0 Å². The van der Waals surface area contributed by atoms with E-state index in [2.05, 4.69) is 31.2 Å². The third-order valence-corrected chi connectivity index (χ3v) is 6.23. The number of rotatable bonds is 6. The Labute approximate surface area is 181 Å². The van der Waals surface area contributed by atoms with Gasteiger partial charge in [0.15, 0.2) is 0 Å². The Bertz CT molecular complexity index is 1150. The number of sulfonamides is 1. The third kappa shape index (κ3) is 4.86. The van der Waals surface area contributed by atoms with Crippen molar-refractivity contribution in [1.29, 1.82) is 0 Å². The first-order chi connectivity index (χ1) is 14.3. The van der Waals surface area contributed by atoms with Gasteiger partial charge in [-0.1, -0.05) is 42.5 Å². The number of carbonyl (C=O) groups excluding carboxylic acids is 1. The molecule has 1 heterocycles. The normalized spacial score (nSPS) is 10.9. The summed E-state index contributed by atoms with van der Waals surface area (Å²) in [6.45, 7) is 0. The molecule has 2 amide bonds. The number of ether oxygens (including phenoxy) is 2. The number of anilines is 1. The molecule has 9 nitrogen and oxygen atoms in total. The molecule has 11 heteroatoms. The van der Waals surface area contributed by atoms with Crippen molar-refractivity contribution in [1.82, 2.24) is 14.7 Å². The quantitative estimate of drug-likeness (QED) is 0.540. The molecule has 2 aromatic carbocycles. The molecular formula is C19H17BrN4O5S. The zero-order valence-electron chi connectivity index (χ0n) is 15.9. The largest absolute Gasteiger partial charge is 0.481 e. The number of urea groups is 1. The summed E-state index contributed by atoms with van der Waals surface area (Å²) in [7, 11) is -1.48. The van der Waals surface area contributed by atoms with E-state index < -0.39 is 16.1 Å². The van der Waals surface area contributed by atoms with Crippen molar-refractivity contribution in [2.75, 3.05) is 19.5 Å². The molecule has 0 aliphatic carbocycles. The molecule has 3 aromatic rings. The van der Waals surface area contributed by atoms with Crippen molar-refractivity contribution in [3.8, 4) is 22.9 Å². The molecule has 0 atom stereocenters. The summed E-state index contributed by atoms with van der Waals surface area (Å²) in [6, 6.07) is 14.3. The zero-order chi connectivity index (χ0) is 21.7. The van der Waals surface area contributed by atoms with Gasteiger partial charge in [0.2, 0.25) is 17.7 Å². The molecule has 0 unspecified atom stereocenters. The first-order valence-corrected chi connectivity index (χ1v) is 10.8. The van der Waals surface area contributed by atoms with E-state index in [9.17, 15) is 13.2 Å². The summed E-state index contributed by atoms with van der Waals surface area (Å²) >= 11 is 3.27. The molecule has 0 radical (unpaired) electrons. The summed E-state index contributed by atoms with van der Waals surface area (Å²) in [4.78, 5) is 20.2. The lowest BCUT2D eigenvalue weighted by Crippen LogP contribution is -2.35. The van der Waals surface area contributed by atoms with E-state index in [-0.39, 0.29) is 22.6 Å². The topological polar surface area (TPSA) is 120 Å². The zero-order valence-corrected chi connectivity index (χ0v) is 18.3. The number of aromatic nitrogens is 2. The maximum atomic E-state index is 13.0. The molecule has 0 spiro atoms. The molecule has 0 saturated carbocycles. The standard InChI is InChI=1S/C19H17BrN4O5S/c1-28-15-11-16(29-2)22-18(21-15)23-19(25)24-30(26,27)17-13(9-6-10-14(17)20)12-7-4-3-5-8-12/h3-11H,1-2H3,(H2,21,22,23,24,25). The number of hydrogen-bond acceptors (Lipinski definition) is 7. The minimum atomic E-state index is -4.25. The first-order valence-electron chi connectivity index (χ1n) is 8.49. The molecule has 3 rings (SSSR count). The van der Waals surface area contributed by atoms with E-state index in [0.717, 1.165) is 0 Å². The number of nitrogens with zero attached hydrogens (tertiary/aromatic N) is 2. The second-order valence-electron chi connectivity index (χ2n) is 5.82. The maximum Gasteiger partial charge on any atom is 0.335 e. The Morgan fingerprint density at radius 1 is 0.967 bits per heavy atom. The number of nitrogens with one attached hydrogen (secondary N) is 2. The SMILES string of the molecule is COc1cc(OC)nc(NC(=O)NS(=O)(=O)c2c(Br)cccc2-c2ccccc2)n1. The molecule has 0 aliphatic heterocycles. The van der Waals surface area contributed by atoms with Crippen LogP contribution in [0.3, 0.4) is 0 Å². The summed E-state index contributed by atoms with van der Waals surface area (Å²) < 4.78 is 38.3. The summed E-state index contributed by atoms with van der Waals surface area (Å²) in [6.07, 6.45) is 0. The number of methoxy groups -OCH3 is 2. The summed E-state index contributed by atoms with van der Waals surface area (Å²) in [5, 5.41) is 2.27. The van der Waals surface area contributed by atoms with E-state index in [1.165, 1.54) is 20.3 Å². The van der Waals surface area contributed by atoms with Gasteiger partial charge in [-0.05, 0) is 27.6 Å². The Morgan fingerprint density at radius 3 is 2.20 bits per heavy atom. The van der Waals surface area contributed by atoms with Crippen LogP contribution in [0.15, 0.2) is 64.0 Å². The molecule has 0 saturated heterocycles. The Balaban J connectivity index is 1.90. The van der Waals surface area contributed by atoms with Crippen molar-refractivity contribution in [3.05, 3.63) is 59.1 Å². The Kier molecular flexibility index (Phi) is 6.53. The molecule has 156 valence electrons. The number of hydrogen-bond donors (Lipinski definition) is 2. The highest BCUT2D eigenvalue weighted by atomic mass is 79.9. The lowest BCUT2D eigenvalue weighted by atomic mass is 10.1. The molecule has 0 fully saturated rings. The second kappa shape index (κ2) is 9.09. The van der Waals surface area contributed by atoms with E-state index in [1.54, 1.807) is 42.5 Å². The molecule has 2 N–H and O–H groups in total. The highest BCUT2D eigenvalue weighted by Crippen LogP contribution is 2.33. The van der Waals surface area contributed by atoms with E-state index in [4.69, 9.17) is 9.47 Å². The van der Waals surface area contributed by atoms with Gasteiger partial charge in [0, 0.05) is 10.0 Å². The van der Waals surface area contributed by atoms with E-state index >= 15 is 0 Å². The number of carbonyl (C=O) groups is 1. The lowest BCUT2D eigenvalue weighted by Gasteiger charge is -2.14. The fourth-order valence-corrected chi connectivity index (χ4v) is 4.80. The molecule has 30 heavy (non-hydrogen) atoms. The third-order valence-electron chi connectivity index (χ3n) is 3.87. The maximum absolute atomic E-state index is 13.0. The van der Waals surface area contributed by atoms with Gasteiger partial charge in [-0.15, -0.1) is 0 Å². The van der Waals surface area contributed by atoms with Gasteiger partial charge < -0.3 is 9.47 Å². The van der Waals surface area contributed by atoms with Crippen LogP contribution in [0, 0.1) is 0 Å². The Morgan fingerprint density at radius 2 is 1.60 bits per heavy atom. The van der Waals surface area contributed by atoms with Crippen LogP contribution in [0.25, 0.3) is 11.1 Å². The molecular weight excluding hydrogens is 476 g/mol. The van der Waals surface area contributed by atoms with E-state index in [1.807, 2.05) is 10.8 Å². The van der Waals surface area contributed by atoms with Gasteiger partial charge in [-0.2, -0.15) is 9.97 Å². The molecule has 0 aliphatic rings. The van der Waals surface area contributed by atoms with Crippen molar-refractivity contribution >= 4 is 37.9 Å². The van der Waals surface area contributed by atoms with Crippen molar-refractivity contribution in [3.63, 3.8) is 0 Å². The predicted octanol–water partition coefficient (Wildman–Crippen LogP) is 3.43. The molecule has 1 aromatic heterocycles. The summed E-state index contributed by atoms with van der Waals surface area (Å²) in [5.41, 5.74) is 1.12. The highest BCUT2D eigenvalue weighted by molar-refractivity contribution is 9.10.